The minimum absolute atomic E-state index is 0.00909. The predicted octanol–water partition coefficient (Wildman–Crippen LogP) is 2.51. The minimum Gasteiger partial charge on any atom is -0.362 e. The molecule has 12 heteroatoms. The molecule has 0 unspecified atom stereocenters. The smallest absolute Gasteiger partial charge is 0.293 e. The summed E-state index contributed by atoms with van der Waals surface area (Å²) in [5.41, 5.74) is 1.83. The van der Waals surface area contributed by atoms with Gasteiger partial charge in [-0.1, -0.05) is 19.0 Å². The molecule has 1 amide bonds. The number of benzene rings is 1. The van der Waals surface area contributed by atoms with Crippen molar-refractivity contribution >= 4 is 27.3 Å². The number of sulfonamides is 1. The van der Waals surface area contributed by atoms with Gasteiger partial charge in [-0.2, -0.15) is 4.31 Å². The number of aryl methyl sites for hydroxylation is 2. The number of carbonyl (C=O) groups excluding carboxylic acids is 1. The monoisotopic (exact) mass is 493 g/mol. The van der Waals surface area contributed by atoms with Crippen molar-refractivity contribution in [3.05, 3.63) is 45.3 Å². The lowest BCUT2D eigenvalue weighted by molar-refractivity contribution is -0.384. The molecule has 11 nitrogen and oxygen atoms in total. The van der Waals surface area contributed by atoms with Crippen LogP contribution in [0.2, 0.25) is 0 Å². The normalized spacial score (nSPS) is 14.6. The lowest BCUT2D eigenvalue weighted by atomic mass is 10.1. The fraction of sp³-hybridized carbons (Fsp3) is 0.545. The van der Waals surface area contributed by atoms with E-state index in [1.165, 1.54) is 16.4 Å². The minimum atomic E-state index is -3.81. The first-order valence-electron chi connectivity index (χ1n) is 11.3. The van der Waals surface area contributed by atoms with E-state index in [4.69, 9.17) is 4.52 Å². The molecule has 1 fully saturated rings. The number of piperazine rings is 1. The fourth-order valence-corrected chi connectivity index (χ4v) is 5.71. The van der Waals surface area contributed by atoms with Crippen LogP contribution in [0.3, 0.4) is 0 Å². The first-order valence-corrected chi connectivity index (χ1v) is 12.8. The van der Waals surface area contributed by atoms with E-state index in [2.05, 4.69) is 5.16 Å². The molecule has 1 aliphatic heterocycles. The van der Waals surface area contributed by atoms with Gasteiger partial charge in [-0.05, 0) is 32.4 Å². The zero-order chi connectivity index (χ0) is 25.0. The third-order valence-electron chi connectivity index (χ3n) is 6.23. The van der Waals surface area contributed by atoms with Crippen molar-refractivity contribution in [3.63, 3.8) is 0 Å². The largest absolute Gasteiger partial charge is 0.362 e. The molecule has 186 valence electrons. The van der Waals surface area contributed by atoms with Crippen molar-refractivity contribution in [2.75, 3.05) is 44.2 Å². The lowest BCUT2D eigenvalue weighted by Gasteiger charge is -2.36. The molecule has 0 bridgehead atoms. The van der Waals surface area contributed by atoms with Crippen molar-refractivity contribution in [1.29, 1.82) is 0 Å². The van der Waals surface area contributed by atoms with Gasteiger partial charge in [-0.25, -0.2) is 8.42 Å². The molecule has 34 heavy (non-hydrogen) atoms. The van der Waals surface area contributed by atoms with Crippen LogP contribution >= 0.6 is 0 Å². The summed E-state index contributed by atoms with van der Waals surface area (Å²) in [6.45, 7) is 9.36. The molecule has 0 N–H and O–H groups in total. The molecular formula is C22H31N5O6S. The molecule has 0 atom stereocenters. The van der Waals surface area contributed by atoms with Gasteiger partial charge in [0.15, 0.2) is 0 Å². The molecular weight excluding hydrogens is 462 g/mol. The number of nitro benzene ring substituents is 1. The van der Waals surface area contributed by atoms with E-state index < -0.39 is 14.9 Å². The summed E-state index contributed by atoms with van der Waals surface area (Å²) in [7, 11) is -3.81. The van der Waals surface area contributed by atoms with Crippen molar-refractivity contribution in [1.82, 2.24) is 14.4 Å². The highest BCUT2D eigenvalue weighted by atomic mass is 32.2. The van der Waals surface area contributed by atoms with Crippen LogP contribution in [-0.2, 0) is 21.2 Å². The summed E-state index contributed by atoms with van der Waals surface area (Å²) in [5.74, 6) is 0.726. The van der Waals surface area contributed by atoms with Crippen LogP contribution in [-0.4, -0.2) is 72.9 Å². The summed E-state index contributed by atoms with van der Waals surface area (Å²) in [4.78, 5) is 27.4. The highest BCUT2D eigenvalue weighted by Gasteiger charge is 2.29. The Kier molecular flexibility index (Phi) is 7.93. The molecule has 3 rings (SSSR count). The van der Waals surface area contributed by atoms with Gasteiger partial charge in [0.2, 0.25) is 15.9 Å². The quantitative estimate of drug-likeness (QED) is 0.385. The summed E-state index contributed by atoms with van der Waals surface area (Å²) >= 11 is 0. The molecule has 0 aliphatic carbocycles. The second-order valence-corrected chi connectivity index (χ2v) is 10.1. The predicted molar refractivity (Wildman–Crippen MR) is 126 cm³/mol. The zero-order valence-corrected chi connectivity index (χ0v) is 20.8. The number of carbonyl (C=O) groups is 1. The van der Waals surface area contributed by atoms with E-state index in [-0.39, 0.29) is 29.6 Å². The molecule has 2 aromatic rings. The molecule has 0 radical (unpaired) electrons. The van der Waals surface area contributed by atoms with E-state index in [9.17, 15) is 23.3 Å². The van der Waals surface area contributed by atoms with E-state index in [1.54, 1.807) is 18.7 Å². The Hall–Kier alpha value is -2.99. The molecule has 1 aliphatic rings. The number of amides is 1. The van der Waals surface area contributed by atoms with Crippen LogP contribution in [0, 0.1) is 24.0 Å². The van der Waals surface area contributed by atoms with Gasteiger partial charge in [-0.15, -0.1) is 0 Å². The molecule has 1 aromatic heterocycles. The summed E-state index contributed by atoms with van der Waals surface area (Å²) < 4.78 is 32.0. The van der Waals surface area contributed by atoms with Crippen LogP contribution in [0.1, 0.15) is 37.3 Å². The summed E-state index contributed by atoms with van der Waals surface area (Å²) in [6.07, 6.45) is 0.884. The van der Waals surface area contributed by atoms with Crippen LogP contribution in [0.15, 0.2) is 27.6 Å². The average molecular weight is 494 g/mol. The van der Waals surface area contributed by atoms with Gasteiger partial charge >= 0.3 is 0 Å². The summed E-state index contributed by atoms with van der Waals surface area (Å²) in [6, 6.07) is 4.03. The van der Waals surface area contributed by atoms with Crippen LogP contribution in [0.4, 0.5) is 11.4 Å². The van der Waals surface area contributed by atoms with Crippen molar-refractivity contribution in [3.8, 4) is 0 Å². The first-order chi connectivity index (χ1) is 16.1. The Morgan fingerprint density at radius 3 is 2.35 bits per heavy atom. The Morgan fingerprint density at radius 2 is 1.82 bits per heavy atom. The Balaban J connectivity index is 1.69. The number of anilines is 1. The van der Waals surface area contributed by atoms with E-state index in [1.807, 2.05) is 18.7 Å². The molecule has 2 heterocycles. The Morgan fingerprint density at radius 1 is 1.18 bits per heavy atom. The third-order valence-corrected chi connectivity index (χ3v) is 8.28. The average Bonchev–Trinajstić information content (AvgIpc) is 3.14. The maximum absolute atomic E-state index is 12.8. The second kappa shape index (κ2) is 10.5. The second-order valence-electron chi connectivity index (χ2n) is 8.17. The fourth-order valence-electron chi connectivity index (χ4n) is 4.24. The van der Waals surface area contributed by atoms with Crippen molar-refractivity contribution < 1.29 is 22.7 Å². The van der Waals surface area contributed by atoms with Crippen LogP contribution in [0.25, 0.3) is 0 Å². The number of aromatic nitrogens is 1. The van der Waals surface area contributed by atoms with E-state index in [0.29, 0.717) is 50.5 Å². The number of nitrogens with zero attached hydrogens (tertiary/aromatic N) is 5. The molecule has 1 saturated heterocycles. The van der Waals surface area contributed by atoms with Gasteiger partial charge in [-0.3, -0.25) is 14.9 Å². The molecule has 1 aromatic carbocycles. The van der Waals surface area contributed by atoms with Crippen molar-refractivity contribution in [2.45, 2.75) is 45.4 Å². The van der Waals surface area contributed by atoms with Gasteiger partial charge in [0.05, 0.1) is 15.5 Å². The standard InChI is InChI=1S/C22H31N5O6S/c1-5-26(6-2)34(31,32)18-7-9-20(21(15-18)27(29)30)24-11-13-25(14-12-24)22(28)10-8-19-16(3)23-33-17(19)4/h7,9,15H,5-6,8,10-14H2,1-4H3. The number of nitro groups is 1. The highest BCUT2D eigenvalue weighted by molar-refractivity contribution is 7.89. The van der Waals surface area contributed by atoms with Crippen molar-refractivity contribution in [2.24, 2.45) is 0 Å². The lowest BCUT2D eigenvalue weighted by Crippen LogP contribution is -2.49. The first kappa shape index (κ1) is 25.6. The zero-order valence-electron chi connectivity index (χ0n) is 20.0. The number of hydrogen-bond acceptors (Lipinski definition) is 8. The van der Waals surface area contributed by atoms with Gasteiger partial charge in [0.1, 0.15) is 11.4 Å². The van der Waals surface area contributed by atoms with Gasteiger partial charge in [0.25, 0.3) is 5.69 Å². The topological polar surface area (TPSA) is 130 Å². The van der Waals surface area contributed by atoms with Crippen LogP contribution < -0.4 is 4.90 Å². The number of hydrogen-bond donors (Lipinski definition) is 0. The maximum atomic E-state index is 12.8. The molecule has 0 saturated carbocycles. The number of rotatable bonds is 9. The van der Waals surface area contributed by atoms with E-state index in [0.717, 1.165) is 17.3 Å². The SMILES string of the molecule is CCN(CC)S(=O)(=O)c1ccc(N2CCN(C(=O)CCc3c(C)noc3C)CC2)c([N+](=O)[O-])c1. The third kappa shape index (κ3) is 5.22. The summed E-state index contributed by atoms with van der Waals surface area (Å²) in [5, 5.41) is 15.7. The van der Waals surface area contributed by atoms with Gasteiger partial charge < -0.3 is 14.3 Å². The maximum Gasteiger partial charge on any atom is 0.293 e. The van der Waals surface area contributed by atoms with E-state index >= 15 is 0 Å². The highest BCUT2D eigenvalue weighted by Crippen LogP contribution is 2.32. The van der Waals surface area contributed by atoms with Gasteiger partial charge in [0, 0.05) is 57.3 Å². The molecule has 0 spiro atoms. The Bertz CT molecular complexity index is 1130. The van der Waals surface area contributed by atoms with Crippen LogP contribution in [0.5, 0.6) is 0 Å². The Labute approximate surface area is 199 Å².